The van der Waals surface area contributed by atoms with E-state index in [9.17, 15) is 14.4 Å². The first kappa shape index (κ1) is 22.3. The molecule has 2 saturated heterocycles. The minimum atomic E-state index is -0.580. The number of hydrogen-bond acceptors (Lipinski definition) is 4. The lowest BCUT2D eigenvalue weighted by Crippen LogP contribution is -2.44. The molecule has 0 saturated carbocycles. The summed E-state index contributed by atoms with van der Waals surface area (Å²) in [5, 5.41) is 4.43. The molecule has 1 atom stereocenters. The van der Waals surface area contributed by atoms with E-state index in [1.165, 1.54) is 4.90 Å². The largest absolute Gasteiger partial charge is 0.339 e. The third-order valence-corrected chi connectivity index (χ3v) is 6.16. The van der Waals surface area contributed by atoms with Crippen molar-refractivity contribution >= 4 is 17.8 Å². The Hall–Kier alpha value is -2.38. The number of urea groups is 1. The number of carbonyl (C=O) groups excluding carboxylic acids is 3. The van der Waals surface area contributed by atoms with Gasteiger partial charge in [0.25, 0.3) is 5.91 Å². The Kier molecular flexibility index (Phi) is 5.98. The fraction of sp³-hybridized carbons (Fsp3) is 0.727. The molecule has 30 heavy (non-hydrogen) atoms. The molecular formula is C22H35N5O3. The van der Waals surface area contributed by atoms with Gasteiger partial charge in [-0.2, -0.15) is 5.10 Å². The van der Waals surface area contributed by atoms with Crippen molar-refractivity contribution in [2.75, 3.05) is 26.2 Å². The second-order valence-electron chi connectivity index (χ2n) is 9.98. The molecule has 166 valence electrons. The molecule has 3 rings (SSSR count). The number of carbonyl (C=O) groups is 3. The smallest absolute Gasteiger partial charge is 0.327 e. The van der Waals surface area contributed by atoms with Crippen LogP contribution in [-0.2, 0) is 23.1 Å². The standard InChI is InChI=1S/C22H35N5O3/c1-14(2)10-26-20(29)18-11-25(12-22(5,6)13-27(18)21(26)30)19(28)9-8-17-15(3)23-24(7)16(17)4/h14,18H,8-13H2,1-7H3. The summed E-state index contributed by atoms with van der Waals surface area (Å²) in [6, 6.07) is -0.800. The van der Waals surface area contributed by atoms with Gasteiger partial charge in [0.2, 0.25) is 5.91 Å². The van der Waals surface area contributed by atoms with Gasteiger partial charge in [-0.1, -0.05) is 27.7 Å². The lowest BCUT2D eigenvalue weighted by Gasteiger charge is -2.31. The van der Waals surface area contributed by atoms with Crippen molar-refractivity contribution in [3.05, 3.63) is 17.0 Å². The van der Waals surface area contributed by atoms with Crippen molar-refractivity contribution < 1.29 is 14.4 Å². The van der Waals surface area contributed by atoms with Gasteiger partial charge in [-0.15, -0.1) is 0 Å². The highest BCUT2D eigenvalue weighted by molar-refractivity contribution is 6.04. The van der Waals surface area contributed by atoms with Crippen LogP contribution in [0.4, 0.5) is 4.79 Å². The van der Waals surface area contributed by atoms with E-state index in [-0.39, 0.29) is 35.7 Å². The van der Waals surface area contributed by atoms with E-state index in [0.717, 1.165) is 17.0 Å². The van der Waals surface area contributed by atoms with Gasteiger partial charge in [0.1, 0.15) is 6.04 Å². The molecule has 1 aromatic heterocycles. The highest BCUT2D eigenvalue weighted by Crippen LogP contribution is 2.31. The number of aromatic nitrogens is 2. The van der Waals surface area contributed by atoms with Crippen LogP contribution in [0.1, 0.15) is 51.1 Å². The molecule has 8 heteroatoms. The Bertz CT molecular complexity index is 857. The lowest BCUT2D eigenvalue weighted by atomic mass is 9.92. The number of fused-ring (bicyclic) bond motifs is 1. The van der Waals surface area contributed by atoms with Gasteiger partial charge in [0.15, 0.2) is 0 Å². The summed E-state index contributed by atoms with van der Waals surface area (Å²) in [4.78, 5) is 43.9. The third-order valence-electron chi connectivity index (χ3n) is 6.16. The molecule has 0 aliphatic carbocycles. The molecular weight excluding hydrogens is 382 g/mol. The SMILES string of the molecule is Cc1nn(C)c(C)c1CCC(=O)N1CC2C(=O)N(CC(C)C)C(=O)N2CC(C)(C)C1. The maximum absolute atomic E-state index is 13.1. The molecule has 2 aliphatic heterocycles. The number of hydrogen-bond donors (Lipinski definition) is 0. The summed E-state index contributed by atoms with van der Waals surface area (Å²) in [6.45, 7) is 13.8. The highest BCUT2D eigenvalue weighted by atomic mass is 16.2. The van der Waals surface area contributed by atoms with Gasteiger partial charge in [-0.25, -0.2) is 4.79 Å². The minimum Gasteiger partial charge on any atom is -0.339 e. The van der Waals surface area contributed by atoms with Gasteiger partial charge in [0.05, 0.1) is 12.2 Å². The summed E-state index contributed by atoms with van der Waals surface area (Å²) in [5.74, 6) is 0.0523. The zero-order chi connectivity index (χ0) is 22.4. The van der Waals surface area contributed by atoms with Crippen LogP contribution in [-0.4, -0.2) is 74.5 Å². The maximum Gasteiger partial charge on any atom is 0.327 e. The Morgan fingerprint density at radius 1 is 1.20 bits per heavy atom. The number of amides is 4. The van der Waals surface area contributed by atoms with Crippen LogP contribution in [0.5, 0.6) is 0 Å². The second kappa shape index (κ2) is 8.04. The summed E-state index contributed by atoms with van der Waals surface area (Å²) in [7, 11) is 1.91. The Morgan fingerprint density at radius 2 is 1.87 bits per heavy atom. The molecule has 3 heterocycles. The van der Waals surface area contributed by atoms with E-state index in [0.29, 0.717) is 32.5 Å². The van der Waals surface area contributed by atoms with Crippen LogP contribution >= 0.6 is 0 Å². The van der Waals surface area contributed by atoms with Crippen LogP contribution in [0.3, 0.4) is 0 Å². The molecule has 4 amide bonds. The Balaban J connectivity index is 1.76. The van der Waals surface area contributed by atoms with Gasteiger partial charge in [0, 0.05) is 44.2 Å². The van der Waals surface area contributed by atoms with E-state index in [1.54, 1.807) is 9.80 Å². The summed E-state index contributed by atoms with van der Waals surface area (Å²) in [6.07, 6.45) is 0.996. The molecule has 2 aliphatic rings. The molecule has 0 spiro atoms. The number of imide groups is 1. The Labute approximate surface area is 179 Å². The zero-order valence-corrected chi connectivity index (χ0v) is 19.4. The number of rotatable bonds is 5. The van der Waals surface area contributed by atoms with Crippen molar-refractivity contribution in [1.29, 1.82) is 0 Å². The topological polar surface area (TPSA) is 78.8 Å². The molecule has 8 nitrogen and oxygen atoms in total. The van der Waals surface area contributed by atoms with Gasteiger partial charge in [-0.3, -0.25) is 19.2 Å². The van der Waals surface area contributed by atoms with Gasteiger partial charge >= 0.3 is 6.03 Å². The molecule has 0 aromatic carbocycles. The predicted molar refractivity (Wildman–Crippen MR) is 114 cm³/mol. The second-order valence-corrected chi connectivity index (χ2v) is 9.98. The fourth-order valence-electron chi connectivity index (χ4n) is 4.64. The van der Waals surface area contributed by atoms with E-state index >= 15 is 0 Å². The first-order chi connectivity index (χ1) is 13.9. The van der Waals surface area contributed by atoms with Crippen LogP contribution in [0.25, 0.3) is 0 Å². The number of aryl methyl sites for hydroxylation is 2. The fourth-order valence-corrected chi connectivity index (χ4v) is 4.64. The predicted octanol–water partition coefficient (Wildman–Crippen LogP) is 2.13. The van der Waals surface area contributed by atoms with Crippen LogP contribution in [0.15, 0.2) is 0 Å². The normalized spacial score (nSPS) is 21.5. The van der Waals surface area contributed by atoms with Crippen LogP contribution < -0.4 is 0 Å². The molecule has 2 fully saturated rings. The number of nitrogens with zero attached hydrogens (tertiary/aromatic N) is 5. The monoisotopic (exact) mass is 417 g/mol. The van der Waals surface area contributed by atoms with E-state index in [2.05, 4.69) is 5.10 Å². The van der Waals surface area contributed by atoms with Crippen molar-refractivity contribution in [1.82, 2.24) is 24.5 Å². The molecule has 0 bridgehead atoms. The van der Waals surface area contributed by atoms with E-state index < -0.39 is 6.04 Å². The van der Waals surface area contributed by atoms with Crippen molar-refractivity contribution in [2.24, 2.45) is 18.4 Å². The first-order valence-electron chi connectivity index (χ1n) is 10.8. The van der Waals surface area contributed by atoms with E-state index in [4.69, 9.17) is 0 Å². The van der Waals surface area contributed by atoms with Crippen molar-refractivity contribution in [2.45, 2.75) is 60.4 Å². The highest BCUT2D eigenvalue weighted by Gasteiger charge is 2.50. The van der Waals surface area contributed by atoms with Crippen LogP contribution in [0.2, 0.25) is 0 Å². The summed E-state index contributed by atoms with van der Waals surface area (Å²) < 4.78 is 1.84. The maximum atomic E-state index is 13.1. The lowest BCUT2D eigenvalue weighted by molar-refractivity contribution is -0.134. The molecule has 0 radical (unpaired) electrons. The summed E-state index contributed by atoms with van der Waals surface area (Å²) in [5.41, 5.74) is 2.85. The Morgan fingerprint density at radius 3 is 2.43 bits per heavy atom. The minimum absolute atomic E-state index is 0.0233. The van der Waals surface area contributed by atoms with Gasteiger partial charge in [-0.05, 0) is 31.7 Å². The average Bonchev–Trinajstić information content (AvgIpc) is 2.92. The summed E-state index contributed by atoms with van der Waals surface area (Å²) >= 11 is 0. The zero-order valence-electron chi connectivity index (χ0n) is 19.4. The first-order valence-corrected chi connectivity index (χ1v) is 10.8. The molecule has 1 aromatic rings. The molecule has 1 unspecified atom stereocenters. The van der Waals surface area contributed by atoms with Crippen LogP contribution in [0, 0.1) is 25.2 Å². The van der Waals surface area contributed by atoms with Gasteiger partial charge < -0.3 is 9.80 Å². The molecule has 0 N–H and O–H groups in total. The average molecular weight is 418 g/mol. The third kappa shape index (κ3) is 4.23. The van der Waals surface area contributed by atoms with Crippen molar-refractivity contribution in [3.8, 4) is 0 Å². The quantitative estimate of drug-likeness (QED) is 0.688. The van der Waals surface area contributed by atoms with E-state index in [1.807, 2.05) is 53.3 Å². The van der Waals surface area contributed by atoms with Crippen molar-refractivity contribution in [3.63, 3.8) is 0 Å².